The Labute approximate surface area is 61.4 Å². The van der Waals surface area contributed by atoms with Crippen LogP contribution in [0.15, 0.2) is 24.3 Å². The van der Waals surface area contributed by atoms with Crippen molar-refractivity contribution in [3.8, 4) is 0 Å². The number of allylic oxidation sites excluding steroid dienone is 1. The fourth-order valence-corrected chi connectivity index (χ4v) is 1.04. The van der Waals surface area contributed by atoms with E-state index in [0.717, 1.165) is 13.0 Å². The molecule has 0 radical (unpaired) electrons. The van der Waals surface area contributed by atoms with Gasteiger partial charge in [0.1, 0.15) is 0 Å². The average Bonchev–Trinajstić information content (AvgIpc) is 1.88. The monoisotopic (exact) mass is 139 g/mol. The van der Waals surface area contributed by atoms with Gasteiger partial charge >= 0.3 is 0 Å². The van der Waals surface area contributed by atoms with Crippen molar-refractivity contribution in [1.82, 2.24) is 0 Å². The summed E-state index contributed by atoms with van der Waals surface area (Å²) < 4.78 is 5.21. The Hall–Kier alpha value is -0.600. The van der Waals surface area contributed by atoms with Gasteiger partial charge in [-0.3, -0.25) is 0 Å². The summed E-state index contributed by atoms with van der Waals surface area (Å²) in [6.45, 7) is 5.02. The number of hydrogen-bond donors (Lipinski definition) is 1. The van der Waals surface area contributed by atoms with Crippen LogP contribution in [0.3, 0.4) is 0 Å². The van der Waals surface area contributed by atoms with E-state index in [1.54, 1.807) is 0 Å². The molecule has 1 atom stereocenters. The van der Waals surface area contributed by atoms with Crippen LogP contribution in [0, 0.1) is 0 Å². The lowest BCUT2D eigenvalue weighted by Crippen LogP contribution is -2.28. The van der Waals surface area contributed by atoms with Crippen LogP contribution in [-0.4, -0.2) is 19.3 Å². The summed E-state index contributed by atoms with van der Waals surface area (Å²) in [7, 11) is 0. The number of rotatable bonds is 2. The molecule has 2 heteroatoms. The van der Waals surface area contributed by atoms with Gasteiger partial charge in [-0.05, 0) is 12.0 Å². The molecule has 0 amide bonds. The Morgan fingerprint density at radius 1 is 1.90 bits per heavy atom. The normalized spacial score (nSPS) is 25.7. The fourth-order valence-electron chi connectivity index (χ4n) is 1.04. The first kappa shape index (κ1) is 7.51. The van der Waals surface area contributed by atoms with Crippen molar-refractivity contribution in [3.05, 3.63) is 24.3 Å². The molecule has 0 fully saturated rings. The maximum Gasteiger partial charge on any atom is 0.0681 e. The highest BCUT2D eigenvalue weighted by molar-refractivity contribution is 5.12. The van der Waals surface area contributed by atoms with Crippen molar-refractivity contribution in [3.63, 3.8) is 0 Å². The van der Waals surface area contributed by atoms with Crippen LogP contribution in [0.1, 0.15) is 6.42 Å². The average molecular weight is 139 g/mol. The van der Waals surface area contributed by atoms with Gasteiger partial charge in [0.05, 0.1) is 13.2 Å². The summed E-state index contributed by atoms with van der Waals surface area (Å²) in [5.74, 6) is 0. The highest BCUT2D eigenvalue weighted by Crippen LogP contribution is 2.08. The summed E-state index contributed by atoms with van der Waals surface area (Å²) >= 11 is 0. The number of nitrogens with two attached hydrogens (primary N) is 1. The van der Waals surface area contributed by atoms with Gasteiger partial charge in [0.2, 0.25) is 0 Å². The van der Waals surface area contributed by atoms with Crippen LogP contribution >= 0.6 is 0 Å². The van der Waals surface area contributed by atoms with Crippen LogP contribution in [0.5, 0.6) is 0 Å². The lowest BCUT2D eigenvalue weighted by atomic mass is 10.1. The van der Waals surface area contributed by atoms with Crippen LogP contribution in [0.2, 0.25) is 0 Å². The zero-order valence-corrected chi connectivity index (χ0v) is 6.05. The molecule has 0 saturated heterocycles. The molecule has 1 rings (SSSR count). The van der Waals surface area contributed by atoms with Crippen molar-refractivity contribution in [2.45, 2.75) is 12.5 Å². The highest BCUT2D eigenvalue weighted by atomic mass is 16.5. The standard InChI is InChI=1S/C8H13NO/c1-2-3-7-4-8(9)6-10-5-7/h2,4,8H,1,3,5-6,9H2/t8-/m1/s1. The summed E-state index contributed by atoms with van der Waals surface area (Å²) in [5, 5.41) is 0. The third-order valence-electron chi connectivity index (χ3n) is 1.45. The quantitative estimate of drug-likeness (QED) is 0.575. The molecule has 0 bridgehead atoms. The largest absolute Gasteiger partial charge is 0.375 e. The molecule has 0 saturated carbocycles. The molecule has 10 heavy (non-hydrogen) atoms. The molecule has 2 nitrogen and oxygen atoms in total. The SMILES string of the molecule is C=CCC1=C[C@@H](N)COC1. The first-order valence-corrected chi connectivity index (χ1v) is 3.46. The van der Waals surface area contributed by atoms with E-state index < -0.39 is 0 Å². The predicted octanol–water partition coefficient (Wildman–Crippen LogP) is 0.846. The topological polar surface area (TPSA) is 35.2 Å². The molecule has 0 aromatic rings. The van der Waals surface area contributed by atoms with Gasteiger partial charge in [-0.25, -0.2) is 0 Å². The molecular formula is C8H13NO. The Kier molecular flexibility index (Phi) is 2.66. The van der Waals surface area contributed by atoms with Gasteiger partial charge in [-0.15, -0.1) is 6.58 Å². The Balaban J connectivity index is 2.48. The minimum atomic E-state index is 0.0868. The van der Waals surface area contributed by atoms with Crippen molar-refractivity contribution >= 4 is 0 Å². The predicted molar refractivity (Wildman–Crippen MR) is 41.7 cm³/mol. The van der Waals surface area contributed by atoms with Crippen LogP contribution in [0.25, 0.3) is 0 Å². The van der Waals surface area contributed by atoms with E-state index in [9.17, 15) is 0 Å². The zero-order valence-electron chi connectivity index (χ0n) is 6.05. The van der Waals surface area contributed by atoms with Crippen LogP contribution < -0.4 is 5.73 Å². The van der Waals surface area contributed by atoms with Crippen molar-refractivity contribution in [2.24, 2.45) is 5.73 Å². The lowest BCUT2D eigenvalue weighted by Gasteiger charge is -2.17. The minimum absolute atomic E-state index is 0.0868. The van der Waals surface area contributed by atoms with Crippen molar-refractivity contribution < 1.29 is 4.74 Å². The van der Waals surface area contributed by atoms with E-state index in [2.05, 4.69) is 12.7 Å². The molecule has 0 aliphatic carbocycles. The van der Waals surface area contributed by atoms with E-state index in [1.807, 2.05) is 6.08 Å². The fraction of sp³-hybridized carbons (Fsp3) is 0.500. The Bertz CT molecular complexity index is 151. The molecule has 0 spiro atoms. The van der Waals surface area contributed by atoms with E-state index in [-0.39, 0.29) is 6.04 Å². The molecule has 0 unspecified atom stereocenters. The first-order chi connectivity index (χ1) is 4.83. The molecule has 2 N–H and O–H groups in total. The van der Waals surface area contributed by atoms with E-state index in [4.69, 9.17) is 10.5 Å². The second kappa shape index (κ2) is 3.54. The minimum Gasteiger partial charge on any atom is -0.375 e. The highest BCUT2D eigenvalue weighted by Gasteiger charge is 2.07. The Morgan fingerprint density at radius 3 is 3.30 bits per heavy atom. The van der Waals surface area contributed by atoms with E-state index >= 15 is 0 Å². The van der Waals surface area contributed by atoms with Gasteiger partial charge < -0.3 is 10.5 Å². The zero-order chi connectivity index (χ0) is 7.40. The van der Waals surface area contributed by atoms with Gasteiger partial charge in [0.15, 0.2) is 0 Å². The van der Waals surface area contributed by atoms with Crippen molar-refractivity contribution in [2.75, 3.05) is 13.2 Å². The summed E-state index contributed by atoms with van der Waals surface area (Å²) in [6.07, 6.45) is 4.83. The maximum atomic E-state index is 5.62. The molecule has 1 aliphatic rings. The molecule has 0 aromatic heterocycles. The molecule has 1 heterocycles. The van der Waals surface area contributed by atoms with Crippen LogP contribution in [0.4, 0.5) is 0 Å². The smallest absolute Gasteiger partial charge is 0.0681 e. The van der Waals surface area contributed by atoms with Crippen LogP contribution in [-0.2, 0) is 4.74 Å². The molecule has 0 aromatic carbocycles. The first-order valence-electron chi connectivity index (χ1n) is 3.46. The van der Waals surface area contributed by atoms with Gasteiger partial charge in [-0.2, -0.15) is 0 Å². The van der Waals surface area contributed by atoms with Gasteiger partial charge in [-0.1, -0.05) is 12.2 Å². The summed E-state index contributed by atoms with van der Waals surface area (Å²) in [5.41, 5.74) is 6.86. The molecule has 1 aliphatic heterocycles. The second-order valence-electron chi connectivity index (χ2n) is 2.50. The van der Waals surface area contributed by atoms with Crippen molar-refractivity contribution in [1.29, 1.82) is 0 Å². The Morgan fingerprint density at radius 2 is 2.70 bits per heavy atom. The third-order valence-corrected chi connectivity index (χ3v) is 1.45. The summed E-state index contributed by atoms with van der Waals surface area (Å²) in [4.78, 5) is 0. The van der Waals surface area contributed by atoms with E-state index in [0.29, 0.717) is 6.61 Å². The summed E-state index contributed by atoms with van der Waals surface area (Å²) in [6, 6.07) is 0.0868. The number of ether oxygens (including phenoxy) is 1. The third kappa shape index (κ3) is 1.97. The van der Waals surface area contributed by atoms with E-state index in [1.165, 1.54) is 5.57 Å². The number of hydrogen-bond acceptors (Lipinski definition) is 2. The van der Waals surface area contributed by atoms with Gasteiger partial charge in [0, 0.05) is 6.04 Å². The molecular weight excluding hydrogens is 126 g/mol. The lowest BCUT2D eigenvalue weighted by molar-refractivity contribution is 0.138. The maximum absolute atomic E-state index is 5.62. The van der Waals surface area contributed by atoms with Gasteiger partial charge in [0.25, 0.3) is 0 Å². The molecule has 56 valence electrons. The second-order valence-corrected chi connectivity index (χ2v) is 2.50.